The molecule has 0 radical (unpaired) electrons. The number of rotatable bonds is 5. The van der Waals surface area contributed by atoms with Gasteiger partial charge in [-0.15, -0.1) is 0 Å². The quantitative estimate of drug-likeness (QED) is 0.530. The number of carbonyl (C=O) groups excluding carboxylic acids is 2. The van der Waals surface area contributed by atoms with Crippen LogP contribution in [0.5, 0.6) is 0 Å². The summed E-state index contributed by atoms with van der Waals surface area (Å²) in [5.41, 5.74) is 1.23. The second-order valence-electron chi connectivity index (χ2n) is 4.54. The standard InChI is InChI=1S/C17H12O4/c18-11-20-17(12-6-2-1-3-7-12)16(19)15-10-13-8-4-5-9-14(13)21-15/h1-11,17H. The molecule has 1 atom stereocenters. The van der Waals surface area contributed by atoms with Crippen LogP contribution in [0.15, 0.2) is 65.1 Å². The summed E-state index contributed by atoms with van der Waals surface area (Å²) in [6.07, 6.45) is -0.996. The third-order valence-electron chi connectivity index (χ3n) is 3.20. The maximum absolute atomic E-state index is 12.5. The van der Waals surface area contributed by atoms with Crippen LogP contribution in [0.4, 0.5) is 0 Å². The minimum Gasteiger partial charge on any atom is -0.453 e. The Morgan fingerprint density at radius 2 is 1.76 bits per heavy atom. The summed E-state index contributed by atoms with van der Waals surface area (Å²) in [7, 11) is 0. The van der Waals surface area contributed by atoms with Crippen molar-refractivity contribution >= 4 is 23.2 Å². The van der Waals surface area contributed by atoms with E-state index in [1.54, 1.807) is 36.4 Å². The lowest BCUT2D eigenvalue weighted by Crippen LogP contribution is -2.15. The SMILES string of the molecule is O=COC(C(=O)c1cc2ccccc2o1)c1ccccc1. The predicted octanol–water partition coefficient (Wildman–Crippen LogP) is 3.53. The molecule has 0 N–H and O–H groups in total. The molecule has 0 fully saturated rings. The highest BCUT2D eigenvalue weighted by molar-refractivity contribution is 6.01. The average Bonchev–Trinajstić information content (AvgIpc) is 2.97. The van der Waals surface area contributed by atoms with Crippen molar-refractivity contribution in [2.45, 2.75) is 6.10 Å². The van der Waals surface area contributed by atoms with Crippen molar-refractivity contribution in [3.63, 3.8) is 0 Å². The van der Waals surface area contributed by atoms with Gasteiger partial charge in [-0.1, -0.05) is 48.5 Å². The molecular weight excluding hydrogens is 268 g/mol. The van der Waals surface area contributed by atoms with Crippen molar-refractivity contribution in [3.8, 4) is 0 Å². The van der Waals surface area contributed by atoms with E-state index in [9.17, 15) is 9.59 Å². The number of para-hydroxylation sites is 1. The highest BCUT2D eigenvalue weighted by Gasteiger charge is 2.26. The molecule has 0 bridgehead atoms. The van der Waals surface area contributed by atoms with Gasteiger partial charge in [0.05, 0.1) is 0 Å². The van der Waals surface area contributed by atoms with Crippen LogP contribution in [-0.2, 0) is 9.53 Å². The summed E-state index contributed by atoms with van der Waals surface area (Å²) in [4.78, 5) is 23.2. The number of hydrogen-bond acceptors (Lipinski definition) is 4. The number of furan rings is 1. The number of carbonyl (C=O) groups is 2. The predicted molar refractivity (Wildman–Crippen MR) is 76.9 cm³/mol. The van der Waals surface area contributed by atoms with Crippen LogP contribution >= 0.6 is 0 Å². The summed E-state index contributed by atoms with van der Waals surface area (Å²) in [5, 5.41) is 0.832. The van der Waals surface area contributed by atoms with E-state index >= 15 is 0 Å². The third-order valence-corrected chi connectivity index (χ3v) is 3.20. The summed E-state index contributed by atoms with van der Waals surface area (Å²) in [6.45, 7) is 0.276. The highest BCUT2D eigenvalue weighted by Crippen LogP contribution is 2.26. The minimum absolute atomic E-state index is 0.173. The van der Waals surface area contributed by atoms with Gasteiger partial charge in [0, 0.05) is 10.9 Å². The van der Waals surface area contributed by atoms with E-state index in [2.05, 4.69) is 0 Å². The Balaban J connectivity index is 1.99. The molecule has 2 aromatic carbocycles. The first-order valence-corrected chi connectivity index (χ1v) is 6.46. The lowest BCUT2D eigenvalue weighted by atomic mass is 10.0. The highest BCUT2D eigenvalue weighted by atomic mass is 16.5. The molecule has 0 amide bonds. The van der Waals surface area contributed by atoms with Gasteiger partial charge < -0.3 is 9.15 Å². The van der Waals surface area contributed by atoms with E-state index in [-0.39, 0.29) is 18.0 Å². The maximum atomic E-state index is 12.5. The van der Waals surface area contributed by atoms with Gasteiger partial charge in [0.25, 0.3) is 6.47 Å². The van der Waals surface area contributed by atoms with Gasteiger partial charge in [-0.25, -0.2) is 0 Å². The van der Waals surface area contributed by atoms with Crippen LogP contribution in [-0.4, -0.2) is 12.3 Å². The van der Waals surface area contributed by atoms with Gasteiger partial charge in [0.15, 0.2) is 11.9 Å². The molecule has 4 nitrogen and oxygen atoms in total. The van der Waals surface area contributed by atoms with Crippen LogP contribution in [0.3, 0.4) is 0 Å². The largest absolute Gasteiger partial charge is 0.453 e. The molecule has 1 aromatic heterocycles. The number of ether oxygens (including phenoxy) is 1. The van der Waals surface area contributed by atoms with Crippen LogP contribution in [0.2, 0.25) is 0 Å². The van der Waals surface area contributed by atoms with Crippen molar-refractivity contribution in [3.05, 3.63) is 72.0 Å². The fourth-order valence-electron chi connectivity index (χ4n) is 2.21. The lowest BCUT2D eigenvalue weighted by molar-refractivity contribution is -0.132. The Morgan fingerprint density at radius 3 is 2.48 bits per heavy atom. The Labute approximate surface area is 120 Å². The maximum Gasteiger partial charge on any atom is 0.294 e. The number of Topliss-reactive ketones (excluding diaryl/α,β-unsaturated/α-hetero) is 1. The van der Waals surface area contributed by atoms with E-state index < -0.39 is 6.10 Å². The van der Waals surface area contributed by atoms with Gasteiger partial charge in [-0.2, -0.15) is 0 Å². The molecule has 3 rings (SSSR count). The van der Waals surface area contributed by atoms with Crippen molar-refractivity contribution in [1.82, 2.24) is 0 Å². The summed E-state index contributed by atoms with van der Waals surface area (Å²) < 4.78 is 10.5. The first-order chi connectivity index (χ1) is 10.3. The normalized spacial score (nSPS) is 12.0. The van der Waals surface area contributed by atoms with E-state index in [4.69, 9.17) is 9.15 Å². The van der Waals surface area contributed by atoms with E-state index in [1.165, 1.54) is 0 Å². The Bertz CT molecular complexity index is 741. The van der Waals surface area contributed by atoms with Crippen molar-refractivity contribution in [2.75, 3.05) is 0 Å². The van der Waals surface area contributed by atoms with E-state index in [1.807, 2.05) is 24.3 Å². The van der Waals surface area contributed by atoms with Crippen LogP contribution in [0.25, 0.3) is 11.0 Å². The second kappa shape index (κ2) is 5.63. The molecule has 0 saturated carbocycles. The number of fused-ring (bicyclic) bond motifs is 1. The van der Waals surface area contributed by atoms with E-state index in [0.717, 1.165) is 5.39 Å². The molecule has 21 heavy (non-hydrogen) atoms. The van der Waals surface area contributed by atoms with Crippen LogP contribution in [0, 0.1) is 0 Å². The fourth-order valence-corrected chi connectivity index (χ4v) is 2.21. The number of hydrogen-bond donors (Lipinski definition) is 0. The zero-order valence-corrected chi connectivity index (χ0v) is 11.1. The Hall–Kier alpha value is -2.88. The van der Waals surface area contributed by atoms with Crippen molar-refractivity contribution < 1.29 is 18.7 Å². The van der Waals surface area contributed by atoms with Crippen molar-refractivity contribution in [1.29, 1.82) is 0 Å². The molecule has 0 aliphatic carbocycles. The monoisotopic (exact) mass is 280 g/mol. The van der Waals surface area contributed by atoms with Gasteiger partial charge in [-0.05, 0) is 12.1 Å². The third kappa shape index (κ3) is 2.56. The zero-order valence-electron chi connectivity index (χ0n) is 11.1. The Morgan fingerprint density at radius 1 is 1.05 bits per heavy atom. The zero-order chi connectivity index (χ0) is 14.7. The minimum atomic E-state index is -0.996. The molecule has 0 aliphatic heterocycles. The van der Waals surface area contributed by atoms with Gasteiger partial charge in [0.2, 0.25) is 5.78 Å². The fraction of sp³-hybridized carbons (Fsp3) is 0.0588. The summed E-state index contributed by atoms with van der Waals surface area (Å²) >= 11 is 0. The lowest BCUT2D eigenvalue weighted by Gasteiger charge is -2.12. The molecule has 1 unspecified atom stereocenters. The molecule has 3 aromatic rings. The molecule has 0 saturated heterocycles. The summed E-state index contributed by atoms with van der Waals surface area (Å²) in [5.74, 6) is -0.212. The average molecular weight is 280 g/mol. The first kappa shape index (κ1) is 13.1. The molecule has 4 heteroatoms. The number of ketones is 1. The van der Waals surface area contributed by atoms with Crippen LogP contribution < -0.4 is 0 Å². The van der Waals surface area contributed by atoms with E-state index in [0.29, 0.717) is 11.1 Å². The topological polar surface area (TPSA) is 56.5 Å². The van der Waals surface area contributed by atoms with Gasteiger partial charge in [-0.3, -0.25) is 9.59 Å². The van der Waals surface area contributed by atoms with Crippen LogP contribution in [0.1, 0.15) is 22.2 Å². The molecule has 1 heterocycles. The first-order valence-electron chi connectivity index (χ1n) is 6.46. The van der Waals surface area contributed by atoms with Gasteiger partial charge >= 0.3 is 0 Å². The number of benzene rings is 2. The Kier molecular flexibility index (Phi) is 3.51. The smallest absolute Gasteiger partial charge is 0.294 e. The molecule has 0 aliphatic rings. The van der Waals surface area contributed by atoms with Gasteiger partial charge in [0.1, 0.15) is 5.58 Å². The molecule has 0 spiro atoms. The second-order valence-corrected chi connectivity index (χ2v) is 4.54. The van der Waals surface area contributed by atoms with Crippen molar-refractivity contribution in [2.24, 2.45) is 0 Å². The summed E-state index contributed by atoms with van der Waals surface area (Å²) in [6, 6.07) is 17.8. The molecule has 104 valence electrons. The molecular formula is C17H12O4.